The van der Waals surface area contributed by atoms with Gasteiger partial charge in [0, 0.05) is 11.8 Å². The van der Waals surface area contributed by atoms with Crippen LogP contribution in [0.15, 0.2) is 29.6 Å². The summed E-state index contributed by atoms with van der Waals surface area (Å²) in [6.45, 7) is 2.11. The predicted molar refractivity (Wildman–Crippen MR) is 70.3 cm³/mol. The lowest BCUT2D eigenvalue weighted by Gasteiger charge is -1.99. The summed E-state index contributed by atoms with van der Waals surface area (Å²) in [6.07, 6.45) is 2.06. The Kier molecular flexibility index (Phi) is 3.97. The number of aromatic nitrogens is 1. The van der Waals surface area contributed by atoms with Gasteiger partial charge in [-0.2, -0.15) is 0 Å². The van der Waals surface area contributed by atoms with Crippen molar-refractivity contribution in [2.75, 3.05) is 0 Å². The third-order valence-corrected chi connectivity index (χ3v) is 3.72. The predicted octanol–water partition coefficient (Wildman–Crippen LogP) is 3.98. The number of halogens is 1. The van der Waals surface area contributed by atoms with Crippen molar-refractivity contribution in [1.29, 1.82) is 0 Å². The van der Waals surface area contributed by atoms with Gasteiger partial charge in [-0.15, -0.1) is 22.9 Å². The van der Waals surface area contributed by atoms with Crippen LogP contribution in [0.5, 0.6) is 0 Å². The van der Waals surface area contributed by atoms with Crippen LogP contribution in [0.25, 0.3) is 0 Å². The number of nitrogens with zero attached hydrogens (tertiary/aromatic N) is 1. The molecule has 0 aliphatic carbocycles. The van der Waals surface area contributed by atoms with Gasteiger partial charge in [0.2, 0.25) is 0 Å². The fourth-order valence-electron chi connectivity index (χ4n) is 1.53. The molecule has 0 atom stereocenters. The van der Waals surface area contributed by atoms with Crippen molar-refractivity contribution in [2.45, 2.75) is 25.6 Å². The second kappa shape index (κ2) is 5.46. The summed E-state index contributed by atoms with van der Waals surface area (Å²) in [4.78, 5) is 4.45. The largest absolute Gasteiger partial charge is 0.245 e. The van der Waals surface area contributed by atoms with Crippen LogP contribution in [0.4, 0.5) is 0 Å². The Morgan fingerprint density at radius 3 is 2.56 bits per heavy atom. The number of hydrogen-bond acceptors (Lipinski definition) is 2. The van der Waals surface area contributed by atoms with Crippen molar-refractivity contribution in [3.63, 3.8) is 0 Å². The molecule has 0 aliphatic rings. The summed E-state index contributed by atoms with van der Waals surface area (Å²) in [5.41, 5.74) is 3.67. The van der Waals surface area contributed by atoms with E-state index in [1.165, 1.54) is 16.1 Å². The van der Waals surface area contributed by atoms with Gasteiger partial charge >= 0.3 is 0 Å². The molecule has 0 fully saturated rings. The van der Waals surface area contributed by atoms with Crippen LogP contribution >= 0.6 is 22.9 Å². The molecule has 16 heavy (non-hydrogen) atoms. The minimum absolute atomic E-state index is 0.515. The van der Waals surface area contributed by atoms with E-state index in [9.17, 15) is 0 Å². The Morgan fingerprint density at radius 1 is 1.19 bits per heavy atom. The highest BCUT2D eigenvalue weighted by Crippen LogP contribution is 2.14. The Bertz CT molecular complexity index is 447. The molecule has 0 saturated heterocycles. The number of alkyl halides is 1. The summed E-state index contributed by atoms with van der Waals surface area (Å²) in [5.74, 6) is 0.515. The van der Waals surface area contributed by atoms with E-state index in [2.05, 4.69) is 36.2 Å². The van der Waals surface area contributed by atoms with E-state index in [0.29, 0.717) is 5.88 Å². The van der Waals surface area contributed by atoms with Crippen LogP contribution in [0.1, 0.15) is 21.8 Å². The van der Waals surface area contributed by atoms with Crippen LogP contribution in [0, 0.1) is 6.92 Å². The molecule has 0 radical (unpaired) electrons. The molecule has 0 amide bonds. The molecule has 0 unspecified atom stereocenters. The molecule has 1 aromatic heterocycles. The molecule has 3 heteroatoms. The maximum absolute atomic E-state index is 5.72. The van der Waals surface area contributed by atoms with Crippen molar-refractivity contribution in [3.05, 3.63) is 51.5 Å². The molecule has 2 aromatic rings. The van der Waals surface area contributed by atoms with Crippen molar-refractivity contribution in [2.24, 2.45) is 0 Å². The van der Waals surface area contributed by atoms with Gasteiger partial charge in [0.15, 0.2) is 0 Å². The zero-order chi connectivity index (χ0) is 11.4. The lowest BCUT2D eigenvalue weighted by molar-refractivity contribution is 0.934. The van der Waals surface area contributed by atoms with E-state index in [1.807, 2.05) is 5.38 Å². The van der Waals surface area contributed by atoms with Crippen LogP contribution < -0.4 is 0 Å². The van der Waals surface area contributed by atoms with Crippen LogP contribution in [-0.2, 0) is 18.7 Å². The Labute approximate surface area is 105 Å². The topological polar surface area (TPSA) is 12.9 Å². The van der Waals surface area contributed by atoms with Crippen molar-refractivity contribution < 1.29 is 0 Å². The van der Waals surface area contributed by atoms with Crippen LogP contribution in [0.3, 0.4) is 0 Å². The average Bonchev–Trinajstić information content (AvgIpc) is 2.76. The molecular weight excluding hydrogens is 238 g/mol. The molecule has 0 aliphatic heterocycles. The number of benzene rings is 1. The van der Waals surface area contributed by atoms with Gasteiger partial charge in [0.1, 0.15) is 0 Å². The highest BCUT2D eigenvalue weighted by molar-refractivity contribution is 7.09. The second-order valence-electron chi connectivity index (χ2n) is 3.85. The van der Waals surface area contributed by atoms with Gasteiger partial charge in [0.05, 0.1) is 16.6 Å². The highest BCUT2D eigenvalue weighted by atomic mass is 35.5. The minimum Gasteiger partial charge on any atom is -0.245 e. The van der Waals surface area contributed by atoms with Crippen molar-refractivity contribution >= 4 is 22.9 Å². The third-order valence-electron chi connectivity index (χ3n) is 2.48. The monoisotopic (exact) mass is 251 g/mol. The van der Waals surface area contributed by atoms with Gasteiger partial charge in [0.25, 0.3) is 0 Å². The summed E-state index contributed by atoms with van der Waals surface area (Å²) in [7, 11) is 0. The first-order chi connectivity index (χ1) is 7.78. The molecular formula is C13H14ClNS. The summed E-state index contributed by atoms with van der Waals surface area (Å²) >= 11 is 7.42. The summed E-state index contributed by atoms with van der Waals surface area (Å²) in [5, 5.41) is 3.22. The van der Waals surface area contributed by atoms with E-state index in [1.54, 1.807) is 11.3 Å². The van der Waals surface area contributed by atoms with Crippen LogP contribution in [0.2, 0.25) is 0 Å². The highest BCUT2D eigenvalue weighted by Gasteiger charge is 2.01. The zero-order valence-corrected chi connectivity index (χ0v) is 10.8. The fourth-order valence-corrected chi connectivity index (χ4v) is 2.56. The lowest BCUT2D eigenvalue weighted by atomic mass is 10.1. The van der Waals surface area contributed by atoms with Crippen LogP contribution in [-0.4, -0.2) is 4.98 Å². The average molecular weight is 252 g/mol. The Morgan fingerprint density at radius 2 is 1.94 bits per heavy atom. The molecule has 84 valence electrons. The summed E-state index contributed by atoms with van der Waals surface area (Å²) in [6, 6.07) is 8.68. The van der Waals surface area contributed by atoms with E-state index >= 15 is 0 Å². The van der Waals surface area contributed by atoms with Gasteiger partial charge in [-0.3, -0.25) is 0 Å². The SMILES string of the molecule is Cc1ccc(CCc2nc(CCl)cs2)cc1. The van der Waals surface area contributed by atoms with Gasteiger partial charge < -0.3 is 0 Å². The smallest absolute Gasteiger partial charge is 0.0932 e. The minimum atomic E-state index is 0.515. The van der Waals surface area contributed by atoms with E-state index in [0.717, 1.165) is 18.5 Å². The van der Waals surface area contributed by atoms with Gasteiger partial charge in [-0.25, -0.2) is 4.98 Å². The molecule has 0 saturated carbocycles. The van der Waals surface area contributed by atoms with E-state index in [-0.39, 0.29) is 0 Å². The van der Waals surface area contributed by atoms with E-state index < -0.39 is 0 Å². The maximum atomic E-state index is 5.72. The van der Waals surface area contributed by atoms with Gasteiger partial charge in [-0.05, 0) is 18.9 Å². The van der Waals surface area contributed by atoms with Gasteiger partial charge in [-0.1, -0.05) is 29.8 Å². The molecule has 0 bridgehead atoms. The molecule has 1 nitrogen and oxygen atoms in total. The standard InChI is InChI=1S/C13H14ClNS/c1-10-2-4-11(5-3-10)6-7-13-15-12(8-14)9-16-13/h2-5,9H,6-8H2,1H3. The maximum Gasteiger partial charge on any atom is 0.0932 e. The summed E-state index contributed by atoms with van der Waals surface area (Å²) < 4.78 is 0. The fraction of sp³-hybridized carbons (Fsp3) is 0.308. The zero-order valence-electron chi connectivity index (χ0n) is 9.24. The molecule has 1 heterocycles. The van der Waals surface area contributed by atoms with E-state index in [4.69, 9.17) is 11.6 Å². The van der Waals surface area contributed by atoms with Crippen molar-refractivity contribution in [1.82, 2.24) is 4.98 Å². The molecule has 0 N–H and O–H groups in total. The molecule has 2 rings (SSSR count). The number of hydrogen-bond donors (Lipinski definition) is 0. The first-order valence-electron chi connectivity index (χ1n) is 5.33. The first kappa shape index (κ1) is 11.6. The molecule has 0 spiro atoms. The third kappa shape index (κ3) is 3.06. The number of aryl methyl sites for hydroxylation is 3. The molecule has 1 aromatic carbocycles. The normalized spacial score (nSPS) is 10.6. The number of thiazole rings is 1. The number of rotatable bonds is 4. The van der Waals surface area contributed by atoms with Crippen molar-refractivity contribution in [3.8, 4) is 0 Å². The quantitative estimate of drug-likeness (QED) is 0.750. The lowest BCUT2D eigenvalue weighted by Crippen LogP contribution is -1.91. The Hall–Kier alpha value is -0.860. The Balaban J connectivity index is 1.94. The first-order valence-corrected chi connectivity index (χ1v) is 6.74. The second-order valence-corrected chi connectivity index (χ2v) is 5.06.